The number of nitrogens with zero attached hydrogens (tertiary/aromatic N) is 2. The maximum Gasteiger partial charge on any atom is 0.416 e. The van der Waals surface area contributed by atoms with Gasteiger partial charge in [-0.25, -0.2) is 0 Å². The molecule has 0 aliphatic rings. The molecule has 3 N–H and O–H groups in total. The van der Waals surface area contributed by atoms with Gasteiger partial charge in [0.05, 0.1) is 26.5 Å². The number of pyridine rings is 1. The lowest BCUT2D eigenvalue weighted by atomic mass is 9.95. The minimum absolute atomic E-state index is 0.122. The third kappa shape index (κ3) is 6.22. The van der Waals surface area contributed by atoms with Crippen LogP contribution in [0.3, 0.4) is 0 Å². The standard InChI is InChI=1S/C26H23ClF3N5O2S/c1-25(2,3)24(37)32-13-14-4-9-18(27)17(12-14)23(36)34-19-10-11-31-20-21(19)38-35-22(20)33-16-7-5-15(6-8-16)26(28,29)30/h4-12H,13H2,1-3H3,(H,32,37)(H,33,35)(H,31,34,36). The lowest BCUT2D eigenvalue weighted by Crippen LogP contribution is -2.34. The number of nitrogens with one attached hydrogen (secondary N) is 3. The number of alkyl halides is 3. The lowest BCUT2D eigenvalue weighted by Gasteiger charge is -2.18. The molecule has 0 aliphatic carbocycles. The van der Waals surface area contributed by atoms with Crippen molar-refractivity contribution in [2.45, 2.75) is 33.5 Å². The molecule has 0 atom stereocenters. The van der Waals surface area contributed by atoms with Gasteiger partial charge >= 0.3 is 6.18 Å². The number of amides is 2. The number of hydrogen-bond acceptors (Lipinski definition) is 6. The third-order valence-corrected chi connectivity index (χ3v) is 6.69. The van der Waals surface area contributed by atoms with Gasteiger partial charge in [0, 0.05) is 23.8 Å². The van der Waals surface area contributed by atoms with Gasteiger partial charge in [0.15, 0.2) is 5.82 Å². The number of benzene rings is 2. The van der Waals surface area contributed by atoms with E-state index in [0.29, 0.717) is 33.0 Å². The Morgan fingerprint density at radius 2 is 1.74 bits per heavy atom. The molecule has 2 heterocycles. The highest BCUT2D eigenvalue weighted by Crippen LogP contribution is 2.34. The van der Waals surface area contributed by atoms with E-state index in [-0.39, 0.29) is 23.0 Å². The van der Waals surface area contributed by atoms with Gasteiger partial charge in [0.1, 0.15) is 5.52 Å². The first kappa shape index (κ1) is 27.3. The van der Waals surface area contributed by atoms with Gasteiger partial charge in [-0.2, -0.15) is 17.5 Å². The largest absolute Gasteiger partial charge is 0.416 e. The molecule has 2 aromatic heterocycles. The van der Waals surface area contributed by atoms with Crippen molar-refractivity contribution in [3.05, 3.63) is 76.4 Å². The number of anilines is 3. The number of rotatable bonds is 6. The van der Waals surface area contributed by atoms with E-state index in [0.717, 1.165) is 23.7 Å². The first-order chi connectivity index (χ1) is 17.8. The molecule has 2 amide bonds. The number of halogens is 4. The fourth-order valence-corrected chi connectivity index (χ4v) is 4.37. The van der Waals surface area contributed by atoms with Crippen LogP contribution in [-0.2, 0) is 17.5 Å². The summed E-state index contributed by atoms with van der Waals surface area (Å²) < 4.78 is 43.4. The number of hydrogen-bond donors (Lipinski definition) is 3. The second-order valence-corrected chi connectivity index (χ2v) is 10.6. The highest BCUT2D eigenvalue weighted by molar-refractivity contribution is 7.14. The van der Waals surface area contributed by atoms with E-state index in [4.69, 9.17) is 11.6 Å². The summed E-state index contributed by atoms with van der Waals surface area (Å²) in [4.78, 5) is 29.6. The fourth-order valence-electron chi connectivity index (χ4n) is 3.40. The SMILES string of the molecule is CC(C)(C)C(=O)NCc1ccc(Cl)c(C(=O)Nc2ccnc3c(Nc4ccc(C(F)(F)F)cc4)nsc23)c1. The minimum Gasteiger partial charge on any atom is -0.352 e. The van der Waals surface area contributed by atoms with Crippen molar-refractivity contribution in [2.24, 2.45) is 5.41 Å². The first-order valence-corrected chi connectivity index (χ1v) is 12.5. The Hall–Kier alpha value is -3.70. The molecule has 0 saturated heterocycles. The Morgan fingerprint density at radius 1 is 1.03 bits per heavy atom. The van der Waals surface area contributed by atoms with Crippen LogP contribution in [0.2, 0.25) is 5.02 Å². The van der Waals surface area contributed by atoms with Crippen LogP contribution in [0, 0.1) is 5.41 Å². The van der Waals surface area contributed by atoms with Crippen LogP contribution in [0.1, 0.15) is 42.3 Å². The molecule has 4 rings (SSSR count). The van der Waals surface area contributed by atoms with Crippen LogP contribution in [0.15, 0.2) is 54.7 Å². The van der Waals surface area contributed by atoms with Crippen LogP contribution in [-0.4, -0.2) is 21.2 Å². The highest BCUT2D eigenvalue weighted by Gasteiger charge is 2.30. The van der Waals surface area contributed by atoms with Crippen molar-refractivity contribution in [1.82, 2.24) is 14.7 Å². The topological polar surface area (TPSA) is 96.0 Å². The van der Waals surface area contributed by atoms with E-state index in [2.05, 4.69) is 25.3 Å². The molecule has 0 aliphatic heterocycles. The van der Waals surface area contributed by atoms with Gasteiger partial charge in [-0.1, -0.05) is 38.4 Å². The molecule has 38 heavy (non-hydrogen) atoms. The summed E-state index contributed by atoms with van der Waals surface area (Å²) in [5.74, 6) is -0.240. The van der Waals surface area contributed by atoms with Crippen molar-refractivity contribution in [3.8, 4) is 0 Å². The summed E-state index contributed by atoms with van der Waals surface area (Å²) in [6.45, 7) is 5.66. The highest BCUT2D eigenvalue weighted by atomic mass is 35.5. The van der Waals surface area contributed by atoms with Crippen molar-refractivity contribution >= 4 is 62.4 Å². The molecular formula is C26H23ClF3N5O2S. The number of carbonyl (C=O) groups is 2. The van der Waals surface area contributed by atoms with Gasteiger partial charge in [0.2, 0.25) is 5.91 Å². The molecule has 0 unspecified atom stereocenters. The predicted molar refractivity (Wildman–Crippen MR) is 143 cm³/mol. The van der Waals surface area contributed by atoms with Crippen molar-refractivity contribution < 1.29 is 22.8 Å². The average Bonchev–Trinajstić information content (AvgIpc) is 3.26. The second-order valence-electron chi connectivity index (χ2n) is 9.47. The van der Waals surface area contributed by atoms with E-state index in [1.165, 1.54) is 18.3 Å². The zero-order valence-corrected chi connectivity index (χ0v) is 22.1. The smallest absolute Gasteiger partial charge is 0.352 e. The maximum absolute atomic E-state index is 13.1. The number of aromatic nitrogens is 2. The Morgan fingerprint density at radius 3 is 2.39 bits per heavy atom. The van der Waals surface area contributed by atoms with Crippen LogP contribution in [0.5, 0.6) is 0 Å². The quantitative estimate of drug-likeness (QED) is 0.235. The summed E-state index contributed by atoms with van der Waals surface area (Å²) in [5.41, 5.74) is 0.925. The van der Waals surface area contributed by atoms with E-state index in [1.807, 2.05) is 20.8 Å². The zero-order valence-electron chi connectivity index (χ0n) is 20.5. The minimum atomic E-state index is -4.43. The summed E-state index contributed by atoms with van der Waals surface area (Å²) in [7, 11) is 0. The number of carbonyl (C=O) groups excluding carboxylic acids is 2. The second kappa shape index (κ2) is 10.6. The molecule has 0 radical (unpaired) electrons. The molecule has 2 aromatic carbocycles. The summed E-state index contributed by atoms with van der Waals surface area (Å²) >= 11 is 7.37. The molecule has 198 valence electrons. The molecule has 7 nitrogen and oxygen atoms in total. The molecule has 0 bridgehead atoms. The number of fused-ring (bicyclic) bond motifs is 1. The van der Waals surface area contributed by atoms with E-state index < -0.39 is 23.1 Å². The van der Waals surface area contributed by atoms with Gasteiger partial charge in [-0.15, -0.1) is 0 Å². The molecule has 4 aromatic rings. The molecule has 0 spiro atoms. The summed E-state index contributed by atoms with van der Waals surface area (Å²) in [6.07, 6.45) is -2.94. The predicted octanol–water partition coefficient (Wildman–Crippen LogP) is 7.02. The maximum atomic E-state index is 13.1. The first-order valence-electron chi connectivity index (χ1n) is 11.4. The Kier molecular flexibility index (Phi) is 7.61. The monoisotopic (exact) mass is 561 g/mol. The molecule has 12 heteroatoms. The van der Waals surface area contributed by atoms with Crippen LogP contribution < -0.4 is 16.0 Å². The van der Waals surface area contributed by atoms with Crippen LogP contribution in [0.25, 0.3) is 10.2 Å². The Bertz CT molecular complexity index is 1500. The summed E-state index contributed by atoms with van der Waals surface area (Å²) in [5, 5.41) is 8.88. The van der Waals surface area contributed by atoms with Gasteiger partial charge in [-0.3, -0.25) is 14.6 Å². The lowest BCUT2D eigenvalue weighted by molar-refractivity contribution is -0.137. The molecular weight excluding hydrogens is 539 g/mol. The van der Waals surface area contributed by atoms with E-state index in [1.54, 1.807) is 24.3 Å². The third-order valence-electron chi connectivity index (χ3n) is 5.49. The van der Waals surface area contributed by atoms with Gasteiger partial charge in [0.25, 0.3) is 5.91 Å². The van der Waals surface area contributed by atoms with Crippen LogP contribution >= 0.6 is 23.1 Å². The van der Waals surface area contributed by atoms with Gasteiger partial charge < -0.3 is 16.0 Å². The van der Waals surface area contributed by atoms with Crippen molar-refractivity contribution in [3.63, 3.8) is 0 Å². The molecule has 0 fully saturated rings. The zero-order chi connectivity index (χ0) is 27.7. The normalized spacial score (nSPS) is 11.9. The van der Waals surface area contributed by atoms with Crippen molar-refractivity contribution in [2.75, 3.05) is 10.6 Å². The van der Waals surface area contributed by atoms with Gasteiger partial charge in [-0.05, 0) is 59.6 Å². The van der Waals surface area contributed by atoms with E-state index in [9.17, 15) is 22.8 Å². The Balaban J connectivity index is 1.52. The van der Waals surface area contributed by atoms with E-state index >= 15 is 0 Å². The Labute approximate surface area is 225 Å². The average molecular weight is 562 g/mol. The van der Waals surface area contributed by atoms with Crippen molar-refractivity contribution in [1.29, 1.82) is 0 Å². The fraction of sp³-hybridized carbons (Fsp3) is 0.231. The summed E-state index contributed by atoms with van der Waals surface area (Å²) in [6, 6.07) is 11.1. The van der Waals surface area contributed by atoms with Crippen LogP contribution in [0.4, 0.5) is 30.4 Å². The molecule has 0 saturated carbocycles.